The van der Waals surface area contributed by atoms with Gasteiger partial charge in [-0.3, -0.25) is 0 Å². The standard InChI is InChI=1S/C24H34ClNO2.ClH/c1-7-27-21-10-8-9-19(15-26-24(5,6)17-23(2,3)4)22(21)28-16-18-11-13-20(25)14-12-18;/h8-14,26H,7,15-17H2,1-6H3;1H. The molecule has 0 atom stereocenters. The second-order valence-electron chi connectivity index (χ2n) is 9.07. The van der Waals surface area contributed by atoms with Gasteiger partial charge in [0.2, 0.25) is 0 Å². The van der Waals surface area contributed by atoms with E-state index in [9.17, 15) is 0 Å². The lowest BCUT2D eigenvalue weighted by Crippen LogP contribution is -2.41. The summed E-state index contributed by atoms with van der Waals surface area (Å²) < 4.78 is 12.0. The molecule has 0 aliphatic heterocycles. The molecule has 0 aliphatic carbocycles. The van der Waals surface area contributed by atoms with Crippen LogP contribution >= 0.6 is 24.0 Å². The van der Waals surface area contributed by atoms with Gasteiger partial charge in [-0.1, -0.05) is 56.6 Å². The maximum absolute atomic E-state index is 6.20. The summed E-state index contributed by atoms with van der Waals surface area (Å²) in [5.74, 6) is 1.59. The Hall–Kier alpha value is -1.42. The van der Waals surface area contributed by atoms with E-state index >= 15 is 0 Å². The van der Waals surface area contributed by atoms with Crippen LogP contribution in [0.5, 0.6) is 11.5 Å². The van der Waals surface area contributed by atoms with Crippen molar-refractivity contribution in [3.63, 3.8) is 0 Å². The molecule has 2 rings (SSSR count). The van der Waals surface area contributed by atoms with Crippen molar-refractivity contribution in [3.05, 3.63) is 58.6 Å². The van der Waals surface area contributed by atoms with Crippen LogP contribution in [0.15, 0.2) is 42.5 Å². The fraction of sp³-hybridized carbons (Fsp3) is 0.500. The third-order valence-electron chi connectivity index (χ3n) is 4.39. The summed E-state index contributed by atoms with van der Waals surface area (Å²) in [5, 5.41) is 4.42. The number of benzene rings is 2. The molecular formula is C24H35Cl2NO2. The van der Waals surface area contributed by atoms with E-state index in [-0.39, 0.29) is 23.4 Å². The zero-order valence-electron chi connectivity index (χ0n) is 18.5. The summed E-state index contributed by atoms with van der Waals surface area (Å²) in [4.78, 5) is 0. The largest absolute Gasteiger partial charge is 0.490 e. The van der Waals surface area contributed by atoms with E-state index in [1.165, 1.54) is 0 Å². The van der Waals surface area contributed by atoms with Gasteiger partial charge in [0.05, 0.1) is 6.61 Å². The topological polar surface area (TPSA) is 30.5 Å². The van der Waals surface area contributed by atoms with Crippen molar-refractivity contribution < 1.29 is 9.47 Å². The molecule has 3 nitrogen and oxygen atoms in total. The first-order valence-corrected chi connectivity index (χ1v) is 10.3. The fourth-order valence-electron chi connectivity index (χ4n) is 3.59. The van der Waals surface area contributed by atoms with Crippen LogP contribution in [-0.4, -0.2) is 12.1 Å². The van der Waals surface area contributed by atoms with E-state index in [0.29, 0.717) is 13.2 Å². The van der Waals surface area contributed by atoms with Gasteiger partial charge in [-0.15, -0.1) is 12.4 Å². The molecule has 162 valence electrons. The predicted molar refractivity (Wildman–Crippen MR) is 126 cm³/mol. The highest BCUT2D eigenvalue weighted by Gasteiger charge is 2.25. The minimum Gasteiger partial charge on any atom is -0.490 e. The lowest BCUT2D eigenvalue weighted by atomic mass is 9.81. The highest BCUT2D eigenvalue weighted by atomic mass is 35.5. The third-order valence-corrected chi connectivity index (χ3v) is 4.64. The van der Waals surface area contributed by atoms with Gasteiger partial charge in [0.25, 0.3) is 0 Å². The first-order chi connectivity index (χ1) is 13.1. The van der Waals surface area contributed by atoms with Gasteiger partial charge in [0.15, 0.2) is 11.5 Å². The molecule has 0 heterocycles. The molecule has 0 aromatic heterocycles. The Kier molecular flexibility index (Phi) is 9.81. The van der Waals surface area contributed by atoms with Crippen LogP contribution in [0.2, 0.25) is 5.02 Å². The van der Waals surface area contributed by atoms with Crippen molar-refractivity contribution in [2.75, 3.05) is 6.61 Å². The molecule has 0 amide bonds. The monoisotopic (exact) mass is 439 g/mol. The van der Waals surface area contributed by atoms with Crippen molar-refractivity contribution in [2.45, 2.75) is 66.7 Å². The molecule has 2 aromatic carbocycles. The van der Waals surface area contributed by atoms with Crippen LogP contribution in [-0.2, 0) is 13.2 Å². The number of para-hydroxylation sites is 1. The minimum atomic E-state index is 0. The van der Waals surface area contributed by atoms with Crippen LogP contribution in [0, 0.1) is 5.41 Å². The van der Waals surface area contributed by atoms with E-state index in [4.69, 9.17) is 21.1 Å². The number of rotatable bonds is 9. The highest BCUT2D eigenvalue weighted by molar-refractivity contribution is 6.30. The Balaban J connectivity index is 0.00000420. The first-order valence-electron chi connectivity index (χ1n) is 9.96. The zero-order chi connectivity index (χ0) is 20.8. The molecule has 0 fully saturated rings. The molecule has 0 spiro atoms. The van der Waals surface area contributed by atoms with Crippen molar-refractivity contribution in [1.29, 1.82) is 0 Å². The second-order valence-corrected chi connectivity index (χ2v) is 9.50. The zero-order valence-corrected chi connectivity index (χ0v) is 20.0. The highest BCUT2D eigenvalue weighted by Crippen LogP contribution is 2.33. The van der Waals surface area contributed by atoms with Crippen LogP contribution in [0.25, 0.3) is 0 Å². The van der Waals surface area contributed by atoms with Crippen molar-refractivity contribution >= 4 is 24.0 Å². The molecule has 0 bridgehead atoms. The van der Waals surface area contributed by atoms with Gasteiger partial charge in [0.1, 0.15) is 6.61 Å². The number of nitrogens with one attached hydrogen (secondary N) is 1. The quantitative estimate of drug-likeness (QED) is 0.453. The van der Waals surface area contributed by atoms with E-state index in [0.717, 1.165) is 40.6 Å². The Labute approximate surface area is 187 Å². The molecule has 29 heavy (non-hydrogen) atoms. The molecule has 0 saturated carbocycles. The number of halogens is 2. The summed E-state index contributed by atoms with van der Waals surface area (Å²) in [7, 11) is 0. The average molecular weight is 440 g/mol. The summed E-state index contributed by atoms with van der Waals surface area (Å²) in [5.41, 5.74) is 2.45. The number of ether oxygens (including phenoxy) is 2. The van der Waals surface area contributed by atoms with Gasteiger partial charge in [-0.25, -0.2) is 0 Å². The van der Waals surface area contributed by atoms with Crippen LogP contribution in [0.3, 0.4) is 0 Å². The molecule has 5 heteroatoms. The van der Waals surface area contributed by atoms with E-state index in [1.807, 2.05) is 43.3 Å². The fourth-order valence-corrected chi connectivity index (χ4v) is 3.72. The van der Waals surface area contributed by atoms with Gasteiger partial charge in [-0.05, 0) is 56.4 Å². The molecule has 0 unspecified atom stereocenters. The maximum atomic E-state index is 6.20. The molecule has 1 N–H and O–H groups in total. The van der Waals surface area contributed by atoms with E-state index < -0.39 is 0 Å². The maximum Gasteiger partial charge on any atom is 0.166 e. The molecular weight excluding hydrogens is 405 g/mol. The second kappa shape index (κ2) is 11.1. The molecule has 0 radical (unpaired) electrons. The third kappa shape index (κ3) is 8.86. The normalized spacial score (nSPS) is 11.7. The lowest BCUT2D eigenvalue weighted by molar-refractivity contribution is 0.236. The summed E-state index contributed by atoms with van der Waals surface area (Å²) in [6.07, 6.45) is 1.08. The van der Waals surface area contributed by atoms with Crippen LogP contribution in [0.1, 0.15) is 59.1 Å². The Morgan fingerprint density at radius 1 is 0.931 bits per heavy atom. The van der Waals surface area contributed by atoms with Crippen LogP contribution < -0.4 is 14.8 Å². The lowest BCUT2D eigenvalue weighted by Gasteiger charge is -2.33. The smallest absolute Gasteiger partial charge is 0.166 e. The van der Waals surface area contributed by atoms with Gasteiger partial charge >= 0.3 is 0 Å². The van der Waals surface area contributed by atoms with Crippen molar-refractivity contribution in [3.8, 4) is 11.5 Å². The SMILES string of the molecule is CCOc1cccc(CNC(C)(C)CC(C)(C)C)c1OCc1ccc(Cl)cc1.Cl. The Bertz CT molecular complexity index is 752. The van der Waals surface area contributed by atoms with Crippen LogP contribution in [0.4, 0.5) is 0 Å². The summed E-state index contributed by atoms with van der Waals surface area (Å²) in [6, 6.07) is 13.8. The number of hydrogen-bond donors (Lipinski definition) is 1. The summed E-state index contributed by atoms with van der Waals surface area (Å²) >= 11 is 5.98. The van der Waals surface area contributed by atoms with Gasteiger partial charge < -0.3 is 14.8 Å². The molecule has 0 aliphatic rings. The van der Waals surface area contributed by atoms with Crippen molar-refractivity contribution in [1.82, 2.24) is 5.32 Å². The Morgan fingerprint density at radius 3 is 2.17 bits per heavy atom. The predicted octanol–water partition coefficient (Wildman–Crippen LogP) is 7.04. The van der Waals surface area contributed by atoms with Gasteiger partial charge in [-0.2, -0.15) is 0 Å². The first kappa shape index (κ1) is 25.6. The number of hydrogen-bond acceptors (Lipinski definition) is 3. The molecule has 2 aromatic rings. The summed E-state index contributed by atoms with van der Waals surface area (Å²) in [6.45, 7) is 15.1. The molecule has 0 saturated heterocycles. The Morgan fingerprint density at radius 2 is 1.59 bits per heavy atom. The minimum absolute atomic E-state index is 0. The van der Waals surface area contributed by atoms with Gasteiger partial charge in [0, 0.05) is 22.7 Å². The average Bonchev–Trinajstić information content (AvgIpc) is 2.59. The van der Waals surface area contributed by atoms with E-state index in [1.54, 1.807) is 0 Å². The van der Waals surface area contributed by atoms with Crippen molar-refractivity contribution in [2.24, 2.45) is 5.41 Å². The van der Waals surface area contributed by atoms with E-state index in [2.05, 4.69) is 46.0 Å².